The van der Waals surface area contributed by atoms with Crippen LogP contribution in [0, 0.1) is 5.92 Å². The monoisotopic (exact) mass is 508 g/mol. The highest BCUT2D eigenvalue weighted by Gasteiger charge is 2.30. The van der Waals surface area contributed by atoms with Gasteiger partial charge in [-0.05, 0) is 51.1 Å². The van der Waals surface area contributed by atoms with Crippen molar-refractivity contribution in [3.05, 3.63) is 118 Å². The summed E-state index contributed by atoms with van der Waals surface area (Å²) >= 11 is 0. The van der Waals surface area contributed by atoms with Gasteiger partial charge in [0.15, 0.2) is 5.82 Å². The number of methoxy groups -OCH3 is 1. The second kappa shape index (κ2) is 11.4. The SMILES string of the molecule is COc1ccc2cc(CN(Cc3ccccc3)[C@@H](c3nnnn3Cc3ccccc3)C(C)C)c(=O)[nH]c2c1. The molecule has 5 rings (SSSR count). The van der Waals surface area contributed by atoms with E-state index in [1.165, 1.54) is 0 Å². The maximum atomic E-state index is 13.2. The van der Waals surface area contributed by atoms with Gasteiger partial charge in [-0.15, -0.1) is 5.10 Å². The summed E-state index contributed by atoms with van der Waals surface area (Å²) in [5.41, 5.74) is 3.60. The van der Waals surface area contributed by atoms with Gasteiger partial charge in [0.25, 0.3) is 5.56 Å². The van der Waals surface area contributed by atoms with Crippen molar-refractivity contribution in [2.45, 2.75) is 39.5 Å². The minimum absolute atomic E-state index is 0.116. The molecule has 0 bridgehead atoms. The van der Waals surface area contributed by atoms with Crippen LogP contribution in [0.5, 0.6) is 5.75 Å². The van der Waals surface area contributed by atoms with Crippen molar-refractivity contribution in [1.82, 2.24) is 30.1 Å². The molecular formula is C30H32N6O2. The molecule has 2 heterocycles. The Hall–Kier alpha value is -4.30. The molecule has 0 fully saturated rings. The number of nitrogens with zero attached hydrogens (tertiary/aromatic N) is 5. The molecule has 194 valence electrons. The maximum absolute atomic E-state index is 13.2. The Bertz CT molecular complexity index is 1550. The van der Waals surface area contributed by atoms with Gasteiger partial charge in [0.05, 0.1) is 25.2 Å². The molecule has 0 aliphatic carbocycles. The fourth-order valence-electron chi connectivity index (χ4n) is 4.93. The lowest BCUT2D eigenvalue weighted by Gasteiger charge is -2.33. The standard InChI is InChI=1S/C30H32N6O2/c1-21(2)28(29-32-33-34-36(29)19-23-12-8-5-9-13-23)35(18-22-10-6-4-7-11-22)20-25-16-24-14-15-26(38-3)17-27(24)31-30(25)37/h4-17,21,28H,18-20H2,1-3H3,(H,31,37)/t28-/m1/s1. The quantitative estimate of drug-likeness (QED) is 0.287. The lowest BCUT2D eigenvalue weighted by molar-refractivity contribution is 0.126. The number of hydrogen-bond acceptors (Lipinski definition) is 6. The molecule has 0 saturated heterocycles. The lowest BCUT2D eigenvalue weighted by atomic mass is 9.99. The summed E-state index contributed by atoms with van der Waals surface area (Å²) in [4.78, 5) is 18.6. The second-order valence-corrected chi connectivity index (χ2v) is 9.84. The molecule has 2 aromatic heterocycles. The first kappa shape index (κ1) is 25.4. The van der Waals surface area contributed by atoms with Gasteiger partial charge < -0.3 is 9.72 Å². The van der Waals surface area contributed by atoms with Crippen LogP contribution in [0.15, 0.2) is 89.7 Å². The van der Waals surface area contributed by atoms with E-state index >= 15 is 0 Å². The van der Waals surface area contributed by atoms with Crippen LogP contribution >= 0.6 is 0 Å². The van der Waals surface area contributed by atoms with Crippen molar-refractivity contribution in [2.75, 3.05) is 7.11 Å². The number of aromatic nitrogens is 5. The molecular weight excluding hydrogens is 476 g/mol. The minimum atomic E-state index is -0.125. The lowest BCUT2D eigenvalue weighted by Crippen LogP contribution is -2.35. The Morgan fingerprint density at radius 1 is 0.921 bits per heavy atom. The largest absolute Gasteiger partial charge is 0.497 e. The van der Waals surface area contributed by atoms with Gasteiger partial charge in [-0.3, -0.25) is 9.69 Å². The summed E-state index contributed by atoms with van der Waals surface area (Å²) in [5, 5.41) is 13.8. The highest BCUT2D eigenvalue weighted by atomic mass is 16.5. The molecule has 8 nitrogen and oxygen atoms in total. The molecule has 0 amide bonds. The maximum Gasteiger partial charge on any atom is 0.252 e. The molecule has 0 unspecified atom stereocenters. The smallest absolute Gasteiger partial charge is 0.252 e. The van der Waals surface area contributed by atoms with Gasteiger partial charge in [0.1, 0.15) is 5.75 Å². The third-order valence-electron chi connectivity index (χ3n) is 6.76. The number of rotatable bonds is 10. The van der Waals surface area contributed by atoms with E-state index in [1.54, 1.807) is 7.11 Å². The zero-order valence-corrected chi connectivity index (χ0v) is 21.9. The fourth-order valence-corrected chi connectivity index (χ4v) is 4.93. The topological polar surface area (TPSA) is 88.9 Å². The Labute approximate surface area is 221 Å². The third kappa shape index (κ3) is 5.65. The van der Waals surface area contributed by atoms with E-state index in [0.717, 1.165) is 27.9 Å². The number of aromatic amines is 1. The van der Waals surface area contributed by atoms with Crippen LogP contribution in [0.2, 0.25) is 0 Å². The number of H-pyrrole nitrogens is 1. The van der Waals surface area contributed by atoms with Gasteiger partial charge in [-0.2, -0.15) is 0 Å². The van der Waals surface area contributed by atoms with Crippen LogP contribution in [0.4, 0.5) is 0 Å². The summed E-state index contributed by atoms with van der Waals surface area (Å²) in [6.45, 7) is 5.99. The average molecular weight is 509 g/mol. The molecule has 1 atom stereocenters. The molecule has 1 N–H and O–H groups in total. The third-order valence-corrected chi connectivity index (χ3v) is 6.76. The van der Waals surface area contributed by atoms with Crippen molar-refractivity contribution < 1.29 is 4.74 Å². The Morgan fingerprint density at radius 3 is 2.32 bits per heavy atom. The predicted octanol–water partition coefficient (Wildman–Crippen LogP) is 4.97. The molecule has 0 saturated carbocycles. The van der Waals surface area contributed by atoms with Crippen LogP contribution in [-0.2, 0) is 19.6 Å². The van der Waals surface area contributed by atoms with Gasteiger partial charge in [0.2, 0.25) is 0 Å². The molecule has 3 aromatic carbocycles. The van der Waals surface area contributed by atoms with Gasteiger partial charge in [0, 0.05) is 24.7 Å². The zero-order chi connectivity index (χ0) is 26.5. The molecule has 5 aromatic rings. The molecule has 0 aliphatic heterocycles. The number of hydrogen-bond donors (Lipinski definition) is 1. The van der Waals surface area contributed by atoms with E-state index in [-0.39, 0.29) is 17.5 Å². The van der Waals surface area contributed by atoms with Crippen LogP contribution in [0.3, 0.4) is 0 Å². The molecule has 0 aliphatic rings. The van der Waals surface area contributed by atoms with E-state index in [2.05, 4.69) is 63.5 Å². The molecule has 0 radical (unpaired) electrons. The molecule has 0 spiro atoms. The minimum Gasteiger partial charge on any atom is -0.497 e. The van der Waals surface area contributed by atoms with Gasteiger partial charge in [-0.25, -0.2) is 4.68 Å². The summed E-state index contributed by atoms with van der Waals surface area (Å²) in [6, 6.07) is 28.0. The van der Waals surface area contributed by atoms with E-state index in [0.29, 0.717) is 30.9 Å². The van der Waals surface area contributed by atoms with Gasteiger partial charge >= 0.3 is 0 Å². The zero-order valence-electron chi connectivity index (χ0n) is 21.9. The van der Waals surface area contributed by atoms with Crippen molar-refractivity contribution in [1.29, 1.82) is 0 Å². The number of fused-ring (bicyclic) bond motifs is 1. The molecule has 38 heavy (non-hydrogen) atoms. The summed E-state index contributed by atoms with van der Waals surface area (Å²) in [5.74, 6) is 1.67. The Kier molecular flexibility index (Phi) is 7.60. The first-order chi connectivity index (χ1) is 18.5. The number of ether oxygens (including phenoxy) is 1. The average Bonchev–Trinajstić information content (AvgIpc) is 3.37. The van der Waals surface area contributed by atoms with E-state index in [4.69, 9.17) is 4.74 Å². The van der Waals surface area contributed by atoms with Crippen LogP contribution in [0.25, 0.3) is 10.9 Å². The first-order valence-corrected chi connectivity index (χ1v) is 12.8. The van der Waals surface area contributed by atoms with E-state index in [1.807, 2.05) is 65.3 Å². The second-order valence-electron chi connectivity index (χ2n) is 9.84. The Balaban J connectivity index is 1.54. The Morgan fingerprint density at radius 2 is 1.63 bits per heavy atom. The van der Waals surface area contributed by atoms with E-state index < -0.39 is 0 Å². The molecule has 8 heteroatoms. The fraction of sp³-hybridized carbons (Fsp3) is 0.267. The van der Waals surface area contributed by atoms with E-state index in [9.17, 15) is 4.79 Å². The highest BCUT2D eigenvalue weighted by molar-refractivity contribution is 5.80. The van der Waals surface area contributed by atoms with Gasteiger partial charge in [-0.1, -0.05) is 74.5 Å². The number of tetrazole rings is 1. The number of nitrogens with one attached hydrogen (secondary N) is 1. The highest BCUT2D eigenvalue weighted by Crippen LogP contribution is 2.30. The van der Waals surface area contributed by atoms with Crippen LogP contribution in [-0.4, -0.2) is 37.2 Å². The summed E-state index contributed by atoms with van der Waals surface area (Å²) < 4.78 is 7.19. The summed E-state index contributed by atoms with van der Waals surface area (Å²) in [6.07, 6.45) is 0. The van der Waals surface area contributed by atoms with Crippen molar-refractivity contribution in [2.24, 2.45) is 5.92 Å². The van der Waals surface area contributed by atoms with Crippen LogP contribution in [0.1, 0.15) is 42.4 Å². The summed E-state index contributed by atoms with van der Waals surface area (Å²) in [7, 11) is 1.62. The van der Waals surface area contributed by atoms with Crippen LogP contribution < -0.4 is 10.3 Å². The van der Waals surface area contributed by atoms with Crippen molar-refractivity contribution in [3.8, 4) is 5.75 Å². The number of benzene rings is 3. The predicted molar refractivity (Wildman–Crippen MR) is 148 cm³/mol. The van der Waals surface area contributed by atoms with Crippen molar-refractivity contribution in [3.63, 3.8) is 0 Å². The van der Waals surface area contributed by atoms with Crippen molar-refractivity contribution >= 4 is 10.9 Å². The first-order valence-electron chi connectivity index (χ1n) is 12.8. The normalized spacial score (nSPS) is 12.3. The number of pyridine rings is 1.